The Kier molecular flexibility index (Phi) is 6.96. The largest absolute Gasteiger partial charge is 0.480 e. The summed E-state index contributed by atoms with van der Waals surface area (Å²) in [5.41, 5.74) is 4.91. The summed E-state index contributed by atoms with van der Waals surface area (Å²) in [7, 11) is 0. The zero-order valence-corrected chi connectivity index (χ0v) is 10.9. The second-order valence-corrected chi connectivity index (χ2v) is 4.08. The highest BCUT2D eigenvalue weighted by Gasteiger charge is 2.24. The minimum absolute atomic E-state index is 0.182. The lowest BCUT2D eigenvalue weighted by Crippen LogP contribution is -2.50. The number of nitrogens with two attached hydrogens (primary N) is 1. The first-order chi connectivity index (χ1) is 8.81. The van der Waals surface area contributed by atoms with E-state index in [-0.39, 0.29) is 12.5 Å². The van der Waals surface area contributed by atoms with E-state index in [9.17, 15) is 14.4 Å². The van der Waals surface area contributed by atoms with Gasteiger partial charge in [-0.05, 0) is 13.8 Å². The molecule has 0 aromatic heterocycles. The lowest BCUT2D eigenvalue weighted by atomic mass is 10.2. The summed E-state index contributed by atoms with van der Waals surface area (Å²) in [4.78, 5) is 34.7. The summed E-state index contributed by atoms with van der Waals surface area (Å²) < 4.78 is 0. The summed E-state index contributed by atoms with van der Waals surface area (Å²) in [6.07, 6.45) is -0.480. The Morgan fingerprint density at radius 1 is 1.47 bits per heavy atom. The van der Waals surface area contributed by atoms with Crippen LogP contribution in [0.5, 0.6) is 0 Å². The van der Waals surface area contributed by atoms with Crippen LogP contribution in [0.15, 0.2) is 0 Å². The van der Waals surface area contributed by atoms with Crippen LogP contribution in [-0.2, 0) is 9.59 Å². The highest BCUT2D eigenvalue weighted by Crippen LogP contribution is 2.01. The van der Waals surface area contributed by atoms with Gasteiger partial charge in [-0.25, -0.2) is 9.59 Å². The van der Waals surface area contributed by atoms with Crippen LogP contribution < -0.4 is 11.1 Å². The van der Waals surface area contributed by atoms with E-state index in [4.69, 9.17) is 16.1 Å². The van der Waals surface area contributed by atoms with Gasteiger partial charge in [-0.15, -0.1) is 0 Å². The molecule has 8 heteroatoms. The number of hydrogen-bond donors (Lipinski definition) is 3. The molecule has 0 fully saturated rings. The number of carboxylic acids is 1. The van der Waals surface area contributed by atoms with E-state index in [2.05, 4.69) is 5.32 Å². The molecule has 0 radical (unpaired) electrons. The van der Waals surface area contributed by atoms with Crippen molar-refractivity contribution in [3.8, 4) is 6.07 Å². The van der Waals surface area contributed by atoms with Gasteiger partial charge in [0.1, 0.15) is 6.04 Å². The number of hydrogen-bond acceptors (Lipinski definition) is 4. The molecule has 4 N–H and O–H groups in total. The van der Waals surface area contributed by atoms with Gasteiger partial charge in [0.05, 0.1) is 18.4 Å². The van der Waals surface area contributed by atoms with Crippen molar-refractivity contribution in [3.05, 3.63) is 0 Å². The van der Waals surface area contributed by atoms with E-state index < -0.39 is 30.4 Å². The fraction of sp³-hybridized carbons (Fsp3) is 0.636. The molecule has 2 atom stereocenters. The molecular formula is C11H18N4O4. The van der Waals surface area contributed by atoms with Gasteiger partial charge in [-0.3, -0.25) is 4.79 Å². The van der Waals surface area contributed by atoms with Crippen LogP contribution in [0.1, 0.15) is 20.3 Å². The first-order valence-electron chi connectivity index (χ1n) is 5.77. The summed E-state index contributed by atoms with van der Waals surface area (Å²) >= 11 is 0. The SMILES string of the molecule is CCN(CC(C)C#N)C(=O)NC(CC(N)=O)C(=O)O. The Hall–Kier alpha value is -2.30. The minimum Gasteiger partial charge on any atom is -0.480 e. The number of aliphatic carboxylic acids is 1. The van der Waals surface area contributed by atoms with E-state index in [0.29, 0.717) is 6.54 Å². The molecule has 0 aromatic carbocycles. The summed E-state index contributed by atoms with van der Waals surface area (Å²) in [6.45, 7) is 3.85. The molecule has 0 saturated heterocycles. The molecule has 3 amide bonds. The Bertz CT molecular complexity index is 391. The summed E-state index contributed by atoms with van der Waals surface area (Å²) in [5, 5.41) is 19.8. The van der Waals surface area contributed by atoms with Crippen molar-refractivity contribution in [2.24, 2.45) is 11.7 Å². The van der Waals surface area contributed by atoms with Crippen LogP contribution >= 0.6 is 0 Å². The molecule has 0 aliphatic rings. The smallest absolute Gasteiger partial charge is 0.326 e. The molecule has 0 heterocycles. The first-order valence-corrected chi connectivity index (χ1v) is 5.77. The second-order valence-electron chi connectivity index (χ2n) is 4.08. The third-order valence-electron chi connectivity index (χ3n) is 2.38. The Morgan fingerprint density at radius 2 is 2.05 bits per heavy atom. The molecular weight excluding hydrogens is 252 g/mol. The molecule has 19 heavy (non-hydrogen) atoms. The minimum atomic E-state index is -1.36. The van der Waals surface area contributed by atoms with E-state index >= 15 is 0 Å². The highest BCUT2D eigenvalue weighted by atomic mass is 16.4. The maximum absolute atomic E-state index is 11.8. The van der Waals surface area contributed by atoms with Gasteiger partial charge in [-0.2, -0.15) is 5.26 Å². The standard InChI is InChI=1S/C11H18N4O4/c1-3-15(6-7(2)5-12)11(19)14-8(10(17)18)4-9(13)16/h7-8H,3-4,6H2,1-2H3,(H2,13,16)(H,14,19)(H,17,18). The highest BCUT2D eigenvalue weighted by molar-refractivity contribution is 5.87. The monoisotopic (exact) mass is 270 g/mol. The van der Waals surface area contributed by atoms with Crippen LogP contribution in [0.2, 0.25) is 0 Å². The average Bonchev–Trinajstić information content (AvgIpc) is 2.33. The molecule has 0 saturated carbocycles. The zero-order valence-electron chi connectivity index (χ0n) is 10.9. The van der Waals surface area contributed by atoms with E-state index in [1.165, 1.54) is 4.90 Å². The third-order valence-corrected chi connectivity index (χ3v) is 2.38. The number of primary amides is 1. The maximum atomic E-state index is 11.8. The predicted molar refractivity (Wildman–Crippen MR) is 65.8 cm³/mol. The number of nitriles is 1. The van der Waals surface area contributed by atoms with Crippen LogP contribution in [0.4, 0.5) is 4.79 Å². The fourth-order valence-electron chi connectivity index (χ4n) is 1.37. The maximum Gasteiger partial charge on any atom is 0.326 e. The third kappa shape index (κ3) is 6.26. The topological polar surface area (TPSA) is 137 Å². The van der Waals surface area contributed by atoms with Gasteiger partial charge in [0.25, 0.3) is 0 Å². The van der Waals surface area contributed by atoms with Gasteiger partial charge in [0.2, 0.25) is 5.91 Å². The molecule has 2 unspecified atom stereocenters. The van der Waals surface area contributed by atoms with Gasteiger partial charge < -0.3 is 21.1 Å². The summed E-state index contributed by atoms with van der Waals surface area (Å²) in [5.74, 6) is -2.53. The van der Waals surface area contributed by atoms with Gasteiger partial charge in [0.15, 0.2) is 0 Å². The molecule has 0 bridgehead atoms. The van der Waals surface area contributed by atoms with Gasteiger partial charge >= 0.3 is 12.0 Å². The van der Waals surface area contributed by atoms with Crippen molar-refractivity contribution < 1.29 is 19.5 Å². The quantitative estimate of drug-likeness (QED) is 0.573. The van der Waals surface area contributed by atoms with Crippen molar-refractivity contribution in [2.75, 3.05) is 13.1 Å². The first kappa shape index (κ1) is 16.7. The average molecular weight is 270 g/mol. The van der Waals surface area contributed by atoms with Crippen LogP contribution in [0.25, 0.3) is 0 Å². The predicted octanol–water partition coefficient (Wildman–Crippen LogP) is -0.494. The Morgan fingerprint density at radius 3 is 2.42 bits per heavy atom. The van der Waals surface area contributed by atoms with E-state index in [0.717, 1.165) is 0 Å². The Labute approximate surface area is 111 Å². The molecule has 0 aliphatic carbocycles. The summed E-state index contributed by atoms with van der Waals surface area (Å²) in [6, 6.07) is -0.0241. The van der Waals surface area contributed by atoms with Crippen molar-refractivity contribution in [3.63, 3.8) is 0 Å². The number of rotatable bonds is 7. The van der Waals surface area contributed by atoms with E-state index in [1.54, 1.807) is 13.8 Å². The van der Waals surface area contributed by atoms with Crippen molar-refractivity contribution >= 4 is 17.9 Å². The number of amides is 3. The lowest BCUT2D eigenvalue weighted by molar-refractivity contribution is -0.140. The van der Waals surface area contributed by atoms with Crippen molar-refractivity contribution in [1.82, 2.24) is 10.2 Å². The molecule has 8 nitrogen and oxygen atoms in total. The number of nitrogens with zero attached hydrogens (tertiary/aromatic N) is 2. The molecule has 0 aromatic rings. The zero-order chi connectivity index (χ0) is 15.0. The molecule has 106 valence electrons. The van der Waals surface area contributed by atoms with E-state index in [1.807, 2.05) is 6.07 Å². The van der Waals surface area contributed by atoms with Crippen LogP contribution in [0, 0.1) is 17.2 Å². The number of nitrogens with one attached hydrogen (secondary N) is 1. The normalized spacial score (nSPS) is 12.9. The number of urea groups is 1. The number of carbonyl (C=O) groups is 3. The molecule has 0 spiro atoms. The van der Waals surface area contributed by atoms with Crippen LogP contribution in [0.3, 0.4) is 0 Å². The van der Waals surface area contributed by atoms with Gasteiger partial charge in [0, 0.05) is 13.1 Å². The second kappa shape index (κ2) is 7.92. The molecule has 0 aliphatic heterocycles. The van der Waals surface area contributed by atoms with Crippen molar-refractivity contribution in [2.45, 2.75) is 26.3 Å². The van der Waals surface area contributed by atoms with Gasteiger partial charge in [-0.1, -0.05) is 0 Å². The number of carbonyl (C=O) groups excluding carboxylic acids is 2. The van der Waals surface area contributed by atoms with Crippen LogP contribution in [-0.4, -0.2) is 47.0 Å². The lowest BCUT2D eigenvalue weighted by Gasteiger charge is -2.24. The Balaban J connectivity index is 4.64. The van der Waals surface area contributed by atoms with Crippen molar-refractivity contribution in [1.29, 1.82) is 5.26 Å². The number of carboxylic acid groups (broad SMARTS) is 1. The molecule has 0 rings (SSSR count). The fourth-order valence-corrected chi connectivity index (χ4v) is 1.37.